The van der Waals surface area contributed by atoms with E-state index in [1.807, 2.05) is 0 Å². The summed E-state index contributed by atoms with van der Waals surface area (Å²) in [5.41, 5.74) is 6.04. The van der Waals surface area contributed by atoms with Crippen LogP contribution >= 0.6 is 0 Å². The number of ether oxygens (including phenoxy) is 1. The van der Waals surface area contributed by atoms with E-state index in [1.165, 1.54) is 12.0 Å². The number of carboxylic acid groups (broad SMARTS) is 1. The van der Waals surface area contributed by atoms with E-state index in [0.29, 0.717) is 13.0 Å². The maximum absolute atomic E-state index is 12.2. The molecule has 1 aliphatic rings. The standard InChI is InChI=1S/C14H26N2O4/c1-14(2,3)7-9(15)5-12(17)16-8-10(20-4)6-11(16)13(18)19/h9-11H,5-8,15H2,1-4H3,(H,18,19). The van der Waals surface area contributed by atoms with Crippen molar-refractivity contribution in [2.75, 3.05) is 13.7 Å². The fourth-order valence-electron chi connectivity index (χ4n) is 2.68. The highest BCUT2D eigenvalue weighted by Gasteiger charge is 2.40. The normalized spacial score (nSPS) is 24.8. The van der Waals surface area contributed by atoms with E-state index >= 15 is 0 Å². The molecule has 6 heteroatoms. The first-order valence-corrected chi connectivity index (χ1v) is 6.94. The van der Waals surface area contributed by atoms with Gasteiger partial charge in [-0.2, -0.15) is 0 Å². The molecule has 0 aromatic rings. The Balaban J connectivity index is 2.63. The second kappa shape index (κ2) is 6.54. The lowest BCUT2D eigenvalue weighted by molar-refractivity contribution is -0.148. The van der Waals surface area contributed by atoms with Crippen molar-refractivity contribution in [2.45, 2.75) is 58.2 Å². The summed E-state index contributed by atoms with van der Waals surface area (Å²) in [4.78, 5) is 24.8. The number of rotatable bonds is 5. The lowest BCUT2D eigenvalue weighted by Crippen LogP contribution is -2.43. The lowest BCUT2D eigenvalue weighted by Gasteiger charge is -2.26. The molecule has 0 aromatic carbocycles. The highest BCUT2D eigenvalue weighted by molar-refractivity contribution is 5.84. The van der Waals surface area contributed by atoms with Crippen molar-refractivity contribution in [2.24, 2.45) is 11.1 Å². The van der Waals surface area contributed by atoms with E-state index < -0.39 is 12.0 Å². The first kappa shape index (κ1) is 16.9. The number of amides is 1. The minimum atomic E-state index is -0.984. The number of hydrogen-bond acceptors (Lipinski definition) is 4. The van der Waals surface area contributed by atoms with Crippen molar-refractivity contribution in [3.8, 4) is 0 Å². The van der Waals surface area contributed by atoms with Gasteiger partial charge in [-0.05, 0) is 11.8 Å². The summed E-state index contributed by atoms with van der Waals surface area (Å²) in [5.74, 6) is -1.18. The van der Waals surface area contributed by atoms with Crippen molar-refractivity contribution in [3.63, 3.8) is 0 Å². The number of carbonyl (C=O) groups is 2. The van der Waals surface area contributed by atoms with Crippen molar-refractivity contribution in [3.05, 3.63) is 0 Å². The highest BCUT2D eigenvalue weighted by atomic mass is 16.5. The Morgan fingerprint density at radius 2 is 2.05 bits per heavy atom. The Morgan fingerprint density at radius 3 is 2.50 bits per heavy atom. The molecule has 3 N–H and O–H groups in total. The van der Waals surface area contributed by atoms with Crippen LogP contribution in [0.25, 0.3) is 0 Å². The zero-order valence-electron chi connectivity index (χ0n) is 12.8. The van der Waals surface area contributed by atoms with Gasteiger partial charge in [-0.15, -0.1) is 0 Å². The van der Waals surface area contributed by atoms with E-state index in [-0.39, 0.29) is 29.9 Å². The van der Waals surface area contributed by atoms with Crippen LogP contribution in [0, 0.1) is 5.41 Å². The van der Waals surface area contributed by atoms with Gasteiger partial charge in [-0.1, -0.05) is 20.8 Å². The summed E-state index contributed by atoms with van der Waals surface area (Å²) >= 11 is 0. The molecule has 0 saturated carbocycles. The van der Waals surface area contributed by atoms with E-state index in [2.05, 4.69) is 20.8 Å². The molecule has 1 fully saturated rings. The smallest absolute Gasteiger partial charge is 0.326 e. The first-order valence-electron chi connectivity index (χ1n) is 6.94. The van der Waals surface area contributed by atoms with Crippen LogP contribution in [-0.4, -0.2) is 53.7 Å². The van der Waals surface area contributed by atoms with Gasteiger partial charge in [0.15, 0.2) is 0 Å². The van der Waals surface area contributed by atoms with Crippen LogP contribution in [0.1, 0.15) is 40.0 Å². The zero-order valence-corrected chi connectivity index (χ0v) is 12.8. The van der Waals surface area contributed by atoms with Gasteiger partial charge in [0, 0.05) is 32.5 Å². The van der Waals surface area contributed by atoms with Crippen LogP contribution in [0.2, 0.25) is 0 Å². The van der Waals surface area contributed by atoms with Gasteiger partial charge >= 0.3 is 5.97 Å². The molecular weight excluding hydrogens is 260 g/mol. The predicted octanol–water partition coefficient (Wildman–Crippen LogP) is 0.841. The second-order valence-electron chi connectivity index (χ2n) is 6.72. The number of nitrogens with zero attached hydrogens (tertiary/aromatic N) is 1. The van der Waals surface area contributed by atoms with Crippen LogP contribution in [0.15, 0.2) is 0 Å². The SMILES string of the molecule is COC1CC(C(=O)O)N(C(=O)CC(N)CC(C)(C)C)C1. The van der Waals surface area contributed by atoms with Gasteiger partial charge in [0.05, 0.1) is 6.10 Å². The Hall–Kier alpha value is -1.14. The summed E-state index contributed by atoms with van der Waals surface area (Å²) in [6.45, 7) is 6.52. The Morgan fingerprint density at radius 1 is 1.45 bits per heavy atom. The molecule has 116 valence electrons. The van der Waals surface area contributed by atoms with Crippen LogP contribution in [0.4, 0.5) is 0 Å². The molecule has 1 rings (SSSR count). The summed E-state index contributed by atoms with van der Waals surface area (Å²) in [6.07, 6.45) is 1.03. The van der Waals surface area contributed by atoms with Crippen LogP contribution in [0.3, 0.4) is 0 Å². The molecular formula is C14H26N2O4. The van der Waals surface area contributed by atoms with Crippen molar-refractivity contribution in [1.29, 1.82) is 0 Å². The molecule has 0 radical (unpaired) electrons. The first-order chi connectivity index (χ1) is 9.14. The Kier molecular flexibility index (Phi) is 5.53. The number of likely N-dealkylation sites (tertiary alicyclic amines) is 1. The predicted molar refractivity (Wildman–Crippen MR) is 75.2 cm³/mol. The molecule has 3 unspecified atom stereocenters. The average molecular weight is 286 g/mol. The average Bonchev–Trinajstić information content (AvgIpc) is 2.70. The number of aliphatic carboxylic acids is 1. The summed E-state index contributed by atoms with van der Waals surface area (Å²) in [6, 6.07) is -1.05. The molecule has 1 heterocycles. The Labute approximate surface area is 120 Å². The van der Waals surface area contributed by atoms with Gasteiger partial charge in [0.1, 0.15) is 6.04 Å². The van der Waals surface area contributed by atoms with Gasteiger partial charge in [-0.25, -0.2) is 4.79 Å². The summed E-state index contributed by atoms with van der Waals surface area (Å²) < 4.78 is 5.17. The van der Waals surface area contributed by atoms with Gasteiger partial charge in [-0.3, -0.25) is 4.79 Å². The summed E-state index contributed by atoms with van der Waals surface area (Å²) in [7, 11) is 1.53. The van der Waals surface area contributed by atoms with E-state index in [9.17, 15) is 14.7 Å². The topological polar surface area (TPSA) is 92.9 Å². The Bertz CT molecular complexity index is 365. The molecule has 6 nitrogen and oxygen atoms in total. The maximum Gasteiger partial charge on any atom is 0.326 e. The van der Waals surface area contributed by atoms with Gasteiger partial charge < -0.3 is 20.5 Å². The van der Waals surface area contributed by atoms with E-state index in [4.69, 9.17) is 10.5 Å². The van der Waals surface area contributed by atoms with E-state index in [0.717, 1.165) is 6.42 Å². The van der Waals surface area contributed by atoms with Gasteiger partial charge in [0.25, 0.3) is 0 Å². The minimum Gasteiger partial charge on any atom is -0.480 e. The molecule has 1 aliphatic heterocycles. The summed E-state index contributed by atoms with van der Waals surface area (Å²) in [5, 5.41) is 9.19. The van der Waals surface area contributed by atoms with Crippen LogP contribution < -0.4 is 5.73 Å². The molecule has 1 amide bonds. The molecule has 0 aromatic heterocycles. The molecule has 0 spiro atoms. The maximum atomic E-state index is 12.2. The fraction of sp³-hybridized carbons (Fsp3) is 0.857. The lowest BCUT2D eigenvalue weighted by atomic mass is 9.87. The quantitative estimate of drug-likeness (QED) is 0.781. The minimum absolute atomic E-state index is 0.0476. The third-order valence-corrected chi connectivity index (χ3v) is 3.51. The molecule has 3 atom stereocenters. The number of hydrogen-bond donors (Lipinski definition) is 2. The number of carbonyl (C=O) groups excluding carboxylic acids is 1. The number of carboxylic acids is 1. The van der Waals surface area contributed by atoms with Crippen LogP contribution in [-0.2, 0) is 14.3 Å². The fourth-order valence-corrected chi connectivity index (χ4v) is 2.68. The third kappa shape index (κ3) is 4.76. The number of methoxy groups -OCH3 is 1. The number of nitrogens with two attached hydrogens (primary N) is 1. The molecule has 1 saturated heterocycles. The molecule has 0 aliphatic carbocycles. The largest absolute Gasteiger partial charge is 0.480 e. The molecule has 20 heavy (non-hydrogen) atoms. The van der Waals surface area contributed by atoms with Crippen molar-refractivity contribution < 1.29 is 19.4 Å². The van der Waals surface area contributed by atoms with Crippen molar-refractivity contribution in [1.82, 2.24) is 4.90 Å². The monoisotopic (exact) mass is 286 g/mol. The van der Waals surface area contributed by atoms with Gasteiger partial charge in [0.2, 0.25) is 5.91 Å². The zero-order chi connectivity index (χ0) is 15.5. The second-order valence-corrected chi connectivity index (χ2v) is 6.72. The van der Waals surface area contributed by atoms with E-state index in [1.54, 1.807) is 0 Å². The van der Waals surface area contributed by atoms with Crippen LogP contribution in [0.5, 0.6) is 0 Å². The molecule has 0 bridgehead atoms. The highest BCUT2D eigenvalue weighted by Crippen LogP contribution is 2.24. The third-order valence-electron chi connectivity index (χ3n) is 3.51. The van der Waals surface area contributed by atoms with Crippen molar-refractivity contribution >= 4 is 11.9 Å².